The fourth-order valence-electron chi connectivity index (χ4n) is 2.28. The van der Waals surface area contributed by atoms with Gasteiger partial charge in [0.15, 0.2) is 0 Å². The van der Waals surface area contributed by atoms with Crippen molar-refractivity contribution >= 4 is 0 Å². The lowest BCUT2D eigenvalue weighted by atomic mass is 10.1. The predicted molar refractivity (Wildman–Crippen MR) is 59.7 cm³/mol. The molecule has 2 unspecified atom stereocenters. The van der Waals surface area contributed by atoms with Crippen LogP contribution in [0.3, 0.4) is 0 Å². The summed E-state index contributed by atoms with van der Waals surface area (Å²) < 4.78 is 5.25. The molecule has 3 rings (SSSR count). The number of nitrogens with one attached hydrogen (secondary N) is 1. The molecule has 1 aliphatic rings. The van der Waals surface area contributed by atoms with Crippen LogP contribution in [0.2, 0.25) is 0 Å². The van der Waals surface area contributed by atoms with Crippen molar-refractivity contribution in [1.82, 2.24) is 15.1 Å². The summed E-state index contributed by atoms with van der Waals surface area (Å²) in [6.45, 7) is 4.09. The maximum Gasteiger partial charge on any atom is 0.232 e. The van der Waals surface area contributed by atoms with Crippen molar-refractivity contribution < 1.29 is 4.52 Å². The van der Waals surface area contributed by atoms with E-state index in [4.69, 9.17) is 9.78 Å². The van der Waals surface area contributed by atoms with Crippen LogP contribution in [0.4, 0.5) is 0 Å². The van der Waals surface area contributed by atoms with Gasteiger partial charge in [-0.3, -0.25) is 0 Å². The molecule has 5 heteroatoms. The van der Waals surface area contributed by atoms with Crippen LogP contribution in [0.25, 0.3) is 11.5 Å². The normalized spacial score (nSPS) is 25.5. The quantitative estimate of drug-likeness (QED) is 0.855. The molecule has 5 nitrogen and oxygen atoms in total. The van der Waals surface area contributed by atoms with E-state index < -0.39 is 0 Å². The number of aromatic amines is 1. The number of aromatic nitrogens is 3. The average molecular weight is 228 g/mol. The summed E-state index contributed by atoms with van der Waals surface area (Å²) in [5, 5.41) is 12.9. The first-order valence-corrected chi connectivity index (χ1v) is 5.51. The number of nitriles is 1. The summed E-state index contributed by atoms with van der Waals surface area (Å²) in [5.41, 5.74) is 0.765. The third kappa shape index (κ3) is 1.37. The Kier molecular flexibility index (Phi) is 1.90. The van der Waals surface area contributed by atoms with Crippen LogP contribution in [0.5, 0.6) is 0 Å². The first-order chi connectivity index (χ1) is 8.14. The SMILES string of the molecule is CC1(C)C(C#N)C1c1nc(-c2ccc[nH]2)no1. The van der Waals surface area contributed by atoms with Crippen LogP contribution in [-0.2, 0) is 0 Å². The van der Waals surface area contributed by atoms with Gasteiger partial charge in [-0.25, -0.2) is 0 Å². The second-order valence-electron chi connectivity index (χ2n) is 4.95. The van der Waals surface area contributed by atoms with E-state index in [1.807, 2.05) is 32.2 Å². The summed E-state index contributed by atoms with van der Waals surface area (Å²) in [6.07, 6.45) is 1.81. The number of hydrogen-bond acceptors (Lipinski definition) is 4. The third-order valence-corrected chi connectivity index (χ3v) is 3.51. The van der Waals surface area contributed by atoms with Crippen LogP contribution in [0, 0.1) is 22.7 Å². The molecule has 0 bridgehead atoms. The average Bonchev–Trinajstić information content (AvgIpc) is 2.79. The molecule has 1 saturated carbocycles. The first-order valence-electron chi connectivity index (χ1n) is 5.51. The van der Waals surface area contributed by atoms with Gasteiger partial charge in [-0.05, 0) is 17.5 Å². The zero-order valence-corrected chi connectivity index (χ0v) is 9.64. The maximum absolute atomic E-state index is 9.02. The number of H-pyrrole nitrogens is 1. The molecular formula is C12H12N4O. The van der Waals surface area contributed by atoms with E-state index in [-0.39, 0.29) is 17.3 Å². The van der Waals surface area contributed by atoms with Crippen molar-refractivity contribution in [2.45, 2.75) is 19.8 Å². The Hall–Kier alpha value is -2.09. The predicted octanol–water partition coefficient (Wildman–Crippen LogP) is 2.33. The van der Waals surface area contributed by atoms with Crippen LogP contribution < -0.4 is 0 Å². The minimum Gasteiger partial charge on any atom is -0.359 e. The Morgan fingerprint density at radius 1 is 1.53 bits per heavy atom. The smallest absolute Gasteiger partial charge is 0.232 e. The van der Waals surface area contributed by atoms with Crippen molar-refractivity contribution in [3.05, 3.63) is 24.2 Å². The van der Waals surface area contributed by atoms with Crippen molar-refractivity contribution in [2.24, 2.45) is 11.3 Å². The topological polar surface area (TPSA) is 78.5 Å². The molecule has 86 valence electrons. The summed E-state index contributed by atoms with van der Waals surface area (Å²) in [5.74, 6) is 1.14. The number of nitrogens with zero attached hydrogens (tertiary/aromatic N) is 3. The van der Waals surface area contributed by atoms with Gasteiger partial charge in [0.2, 0.25) is 11.7 Å². The molecule has 2 heterocycles. The molecule has 0 aliphatic heterocycles. The Balaban J connectivity index is 1.91. The van der Waals surface area contributed by atoms with Crippen molar-refractivity contribution in [3.8, 4) is 17.6 Å². The molecule has 2 aromatic heterocycles. The first kappa shape index (κ1) is 10.1. The largest absolute Gasteiger partial charge is 0.359 e. The zero-order chi connectivity index (χ0) is 12.0. The van der Waals surface area contributed by atoms with Crippen molar-refractivity contribution in [1.29, 1.82) is 5.26 Å². The minimum absolute atomic E-state index is 0.0283. The zero-order valence-electron chi connectivity index (χ0n) is 9.64. The van der Waals surface area contributed by atoms with Crippen molar-refractivity contribution in [3.63, 3.8) is 0 Å². The van der Waals surface area contributed by atoms with Gasteiger partial charge in [-0.1, -0.05) is 19.0 Å². The van der Waals surface area contributed by atoms with Crippen LogP contribution in [0.1, 0.15) is 25.7 Å². The van der Waals surface area contributed by atoms with Gasteiger partial charge in [0.1, 0.15) is 0 Å². The lowest BCUT2D eigenvalue weighted by Crippen LogP contribution is -1.90. The highest BCUT2D eigenvalue weighted by Crippen LogP contribution is 2.63. The molecule has 0 spiro atoms. The molecule has 0 radical (unpaired) electrons. The van der Waals surface area contributed by atoms with E-state index in [1.54, 1.807) is 0 Å². The van der Waals surface area contributed by atoms with E-state index in [9.17, 15) is 0 Å². The highest BCUT2D eigenvalue weighted by molar-refractivity contribution is 5.48. The van der Waals surface area contributed by atoms with E-state index >= 15 is 0 Å². The lowest BCUT2D eigenvalue weighted by molar-refractivity contribution is 0.368. The number of rotatable bonds is 2. The highest BCUT2D eigenvalue weighted by Gasteiger charge is 2.62. The Bertz CT molecular complexity index is 576. The van der Waals surface area contributed by atoms with Crippen LogP contribution >= 0.6 is 0 Å². The van der Waals surface area contributed by atoms with Gasteiger partial charge in [-0.2, -0.15) is 10.2 Å². The molecule has 1 N–H and O–H groups in total. The Morgan fingerprint density at radius 2 is 2.35 bits per heavy atom. The van der Waals surface area contributed by atoms with Gasteiger partial charge in [0, 0.05) is 6.20 Å². The highest BCUT2D eigenvalue weighted by atomic mass is 16.5. The third-order valence-electron chi connectivity index (χ3n) is 3.51. The fourth-order valence-corrected chi connectivity index (χ4v) is 2.28. The molecule has 0 amide bonds. The summed E-state index contributed by atoms with van der Waals surface area (Å²) >= 11 is 0. The molecule has 1 aliphatic carbocycles. The maximum atomic E-state index is 9.02. The molecule has 1 fully saturated rings. The second-order valence-corrected chi connectivity index (χ2v) is 4.95. The monoisotopic (exact) mass is 228 g/mol. The van der Waals surface area contributed by atoms with Gasteiger partial charge >= 0.3 is 0 Å². The molecule has 0 aromatic carbocycles. The van der Waals surface area contributed by atoms with E-state index in [0.29, 0.717) is 11.7 Å². The standard InChI is InChI=1S/C12H12N4O/c1-12(2)7(6-13)9(12)11-15-10(16-17-11)8-4-3-5-14-8/h3-5,7,9,14H,1-2H3. The van der Waals surface area contributed by atoms with Crippen molar-refractivity contribution in [2.75, 3.05) is 0 Å². The van der Waals surface area contributed by atoms with Gasteiger partial charge in [0.25, 0.3) is 0 Å². The van der Waals surface area contributed by atoms with E-state index in [0.717, 1.165) is 5.69 Å². The van der Waals surface area contributed by atoms with Gasteiger partial charge < -0.3 is 9.51 Å². The van der Waals surface area contributed by atoms with Gasteiger partial charge in [0.05, 0.1) is 23.6 Å². The number of hydrogen-bond donors (Lipinski definition) is 1. The summed E-state index contributed by atoms with van der Waals surface area (Å²) in [6, 6.07) is 6.05. The summed E-state index contributed by atoms with van der Waals surface area (Å²) in [4.78, 5) is 7.37. The van der Waals surface area contributed by atoms with E-state index in [2.05, 4.69) is 21.2 Å². The summed E-state index contributed by atoms with van der Waals surface area (Å²) in [7, 11) is 0. The lowest BCUT2D eigenvalue weighted by Gasteiger charge is -1.95. The molecule has 0 saturated heterocycles. The van der Waals surface area contributed by atoms with E-state index in [1.165, 1.54) is 0 Å². The second kappa shape index (κ2) is 3.20. The minimum atomic E-state index is -0.0612. The van der Waals surface area contributed by atoms with Gasteiger partial charge in [-0.15, -0.1) is 0 Å². The van der Waals surface area contributed by atoms with Crippen LogP contribution in [0.15, 0.2) is 22.9 Å². The molecular weight excluding hydrogens is 216 g/mol. The molecule has 17 heavy (non-hydrogen) atoms. The fraction of sp³-hybridized carbons (Fsp3) is 0.417. The van der Waals surface area contributed by atoms with Crippen LogP contribution in [-0.4, -0.2) is 15.1 Å². The Morgan fingerprint density at radius 3 is 2.94 bits per heavy atom. The Labute approximate surface area is 98.5 Å². The molecule has 2 atom stereocenters. The molecule has 2 aromatic rings.